The number of rotatable bonds is 4. The van der Waals surface area contributed by atoms with Gasteiger partial charge in [-0.05, 0) is 38.0 Å². The average molecular weight is 420 g/mol. The summed E-state index contributed by atoms with van der Waals surface area (Å²) in [6.45, 7) is 3.31. The summed E-state index contributed by atoms with van der Waals surface area (Å²) < 4.78 is 40.7. The van der Waals surface area contributed by atoms with E-state index in [2.05, 4.69) is 25.4 Å². The van der Waals surface area contributed by atoms with E-state index in [1.165, 1.54) is 11.3 Å². The molecule has 0 fully saturated rings. The fourth-order valence-corrected chi connectivity index (χ4v) is 3.92. The molecular weight excluding hydrogens is 405 g/mol. The summed E-state index contributed by atoms with van der Waals surface area (Å²) in [6.07, 6.45) is -4.21. The Kier molecular flexibility index (Phi) is 4.69. The number of aryl methyl sites for hydroxylation is 2. The zero-order chi connectivity index (χ0) is 20.8. The summed E-state index contributed by atoms with van der Waals surface area (Å²) in [5.74, 6) is -1.59. The average Bonchev–Trinajstić information content (AvgIpc) is 3.24. The zero-order valence-corrected chi connectivity index (χ0v) is 16.2. The highest BCUT2D eigenvalue weighted by molar-refractivity contribution is 7.22. The van der Waals surface area contributed by atoms with E-state index in [9.17, 15) is 18.0 Å². The summed E-state index contributed by atoms with van der Waals surface area (Å²) in [6, 6.07) is 7.55. The first-order chi connectivity index (χ1) is 13.7. The smallest absolute Gasteiger partial charge is 0.302 e. The van der Waals surface area contributed by atoms with Crippen LogP contribution in [0.3, 0.4) is 0 Å². The maximum atomic E-state index is 12.9. The molecule has 0 unspecified atom stereocenters. The second-order valence-electron chi connectivity index (χ2n) is 6.44. The lowest BCUT2D eigenvalue weighted by Gasteiger charge is -2.10. The lowest BCUT2D eigenvalue weighted by atomic mass is 10.1. The molecule has 3 heterocycles. The Morgan fingerprint density at radius 3 is 2.66 bits per heavy atom. The van der Waals surface area contributed by atoms with Gasteiger partial charge in [-0.25, -0.2) is 14.5 Å². The molecule has 3 aromatic heterocycles. The van der Waals surface area contributed by atoms with E-state index in [-0.39, 0.29) is 18.1 Å². The van der Waals surface area contributed by atoms with Crippen LogP contribution in [0.4, 0.5) is 18.3 Å². The molecule has 0 spiro atoms. The largest absolute Gasteiger partial charge is 0.453 e. The van der Waals surface area contributed by atoms with Crippen molar-refractivity contribution in [2.45, 2.75) is 32.9 Å². The van der Waals surface area contributed by atoms with E-state index >= 15 is 0 Å². The normalized spacial score (nSPS) is 12.0. The Morgan fingerprint density at radius 1 is 1.17 bits per heavy atom. The summed E-state index contributed by atoms with van der Waals surface area (Å²) >= 11 is 1.38. The van der Waals surface area contributed by atoms with Gasteiger partial charge in [-0.15, -0.1) is 5.10 Å². The topological polar surface area (TPSA) is 85.1 Å². The van der Waals surface area contributed by atoms with Crippen LogP contribution in [0.1, 0.15) is 29.2 Å². The van der Waals surface area contributed by atoms with Gasteiger partial charge >= 0.3 is 6.18 Å². The van der Waals surface area contributed by atoms with Crippen molar-refractivity contribution in [2.75, 3.05) is 5.32 Å². The molecule has 4 rings (SSSR count). The first-order valence-electron chi connectivity index (χ1n) is 8.68. The van der Waals surface area contributed by atoms with Crippen molar-refractivity contribution < 1.29 is 18.0 Å². The Hall–Kier alpha value is -3.08. The van der Waals surface area contributed by atoms with Gasteiger partial charge in [0.25, 0.3) is 11.6 Å². The van der Waals surface area contributed by atoms with Crippen molar-refractivity contribution in [3.8, 4) is 0 Å². The third kappa shape index (κ3) is 3.77. The quantitative estimate of drug-likeness (QED) is 0.541. The van der Waals surface area contributed by atoms with E-state index in [0.717, 1.165) is 14.7 Å². The number of para-hydroxylation sites is 1. The van der Waals surface area contributed by atoms with E-state index in [1.54, 1.807) is 13.8 Å². The van der Waals surface area contributed by atoms with Gasteiger partial charge in [0.2, 0.25) is 5.91 Å². The van der Waals surface area contributed by atoms with Crippen LogP contribution in [0, 0.1) is 13.8 Å². The first kappa shape index (κ1) is 19.2. The van der Waals surface area contributed by atoms with Gasteiger partial charge < -0.3 is 5.32 Å². The van der Waals surface area contributed by atoms with E-state index < -0.39 is 12.0 Å². The molecule has 0 bridgehead atoms. The molecule has 7 nitrogen and oxygen atoms in total. The van der Waals surface area contributed by atoms with Crippen LogP contribution in [0.2, 0.25) is 0 Å². The van der Waals surface area contributed by atoms with Crippen LogP contribution in [-0.4, -0.2) is 30.5 Å². The zero-order valence-electron chi connectivity index (χ0n) is 15.4. The molecule has 1 aromatic carbocycles. The number of nitrogens with zero attached hydrogens (tertiary/aromatic N) is 5. The minimum atomic E-state index is -4.65. The van der Waals surface area contributed by atoms with Gasteiger partial charge in [0.15, 0.2) is 5.13 Å². The Bertz CT molecular complexity index is 1200. The van der Waals surface area contributed by atoms with Gasteiger partial charge in [-0.1, -0.05) is 23.5 Å². The standard InChI is InChI=1S/C18H15F3N6OS/c1-9-11(10(2)27-16(22-9)25-15(26-27)18(19,20)21)7-8-14(28)24-17-23-12-5-3-4-6-13(12)29-17/h3-6H,7-8H2,1-2H3,(H,23,24,28). The van der Waals surface area contributed by atoms with Crippen LogP contribution in [-0.2, 0) is 17.4 Å². The number of halogens is 3. The highest BCUT2D eigenvalue weighted by Gasteiger charge is 2.36. The molecule has 0 radical (unpaired) electrons. The predicted molar refractivity (Wildman–Crippen MR) is 102 cm³/mol. The molecular formula is C18H15F3N6OS. The van der Waals surface area contributed by atoms with Crippen molar-refractivity contribution in [3.63, 3.8) is 0 Å². The third-order valence-electron chi connectivity index (χ3n) is 4.44. The lowest BCUT2D eigenvalue weighted by Crippen LogP contribution is -2.14. The van der Waals surface area contributed by atoms with Crippen molar-refractivity contribution in [2.24, 2.45) is 0 Å². The molecule has 1 amide bonds. The number of aromatic nitrogens is 5. The van der Waals surface area contributed by atoms with Gasteiger partial charge in [-0.2, -0.15) is 18.2 Å². The molecule has 0 saturated heterocycles. The number of carbonyl (C=O) groups excluding carboxylic acids is 1. The van der Waals surface area contributed by atoms with Crippen LogP contribution in [0.25, 0.3) is 16.0 Å². The summed E-state index contributed by atoms with van der Waals surface area (Å²) in [5.41, 5.74) is 2.46. The number of amides is 1. The SMILES string of the molecule is Cc1nc2nc(C(F)(F)F)nn2c(C)c1CCC(=O)Nc1nc2ccccc2s1. The second kappa shape index (κ2) is 7.07. The van der Waals surface area contributed by atoms with Crippen LogP contribution < -0.4 is 5.32 Å². The number of anilines is 1. The van der Waals surface area contributed by atoms with Crippen molar-refractivity contribution in [1.29, 1.82) is 0 Å². The Labute approximate surface area is 166 Å². The Morgan fingerprint density at radius 2 is 1.93 bits per heavy atom. The fourth-order valence-electron chi connectivity index (χ4n) is 3.04. The fraction of sp³-hybridized carbons (Fsp3) is 0.278. The molecule has 0 atom stereocenters. The maximum absolute atomic E-state index is 12.9. The van der Waals surface area contributed by atoms with E-state index in [1.807, 2.05) is 24.3 Å². The highest BCUT2D eigenvalue weighted by atomic mass is 32.1. The molecule has 0 aliphatic heterocycles. The number of carbonyl (C=O) groups is 1. The van der Waals surface area contributed by atoms with Crippen LogP contribution in [0.15, 0.2) is 24.3 Å². The summed E-state index contributed by atoms with van der Waals surface area (Å²) in [4.78, 5) is 24.2. The third-order valence-corrected chi connectivity index (χ3v) is 5.40. The molecule has 0 aliphatic rings. The van der Waals surface area contributed by atoms with Gasteiger partial charge in [-0.3, -0.25) is 4.79 Å². The van der Waals surface area contributed by atoms with E-state index in [4.69, 9.17) is 0 Å². The van der Waals surface area contributed by atoms with Crippen LogP contribution >= 0.6 is 11.3 Å². The minimum Gasteiger partial charge on any atom is -0.302 e. The number of hydrogen-bond acceptors (Lipinski definition) is 6. The summed E-state index contributed by atoms with van der Waals surface area (Å²) in [5, 5.41) is 6.78. The molecule has 150 valence electrons. The minimum absolute atomic E-state index is 0.116. The van der Waals surface area contributed by atoms with Crippen molar-refractivity contribution in [1.82, 2.24) is 24.6 Å². The number of nitrogens with one attached hydrogen (secondary N) is 1. The lowest BCUT2D eigenvalue weighted by molar-refractivity contribution is -0.144. The summed E-state index contributed by atoms with van der Waals surface area (Å²) in [7, 11) is 0. The molecule has 11 heteroatoms. The number of fused-ring (bicyclic) bond motifs is 2. The van der Waals surface area contributed by atoms with Crippen LogP contribution in [0.5, 0.6) is 0 Å². The Balaban J connectivity index is 1.52. The maximum Gasteiger partial charge on any atom is 0.453 e. The molecule has 0 aliphatic carbocycles. The number of benzene rings is 1. The molecule has 4 aromatic rings. The molecule has 29 heavy (non-hydrogen) atoms. The highest BCUT2D eigenvalue weighted by Crippen LogP contribution is 2.28. The van der Waals surface area contributed by atoms with Gasteiger partial charge in [0.1, 0.15) is 0 Å². The van der Waals surface area contributed by atoms with Gasteiger partial charge in [0, 0.05) is 17.8 Å². The second-order valence-corrected chi connectivity index (χ2v) is 7.47. The monoisotopic (exact) mass is 420 g/mol. The first-order valence-corrected chi connectivity index (χ1v) is 9.49. The number of hydrogen-bond donors (Lipinski definition) is 1. The molecule has 0 saturated carbocycles. The predicted octanol–water partition coefficient (Wildman–Crippen LogP) is 3.94. The van der Waals surface area contributed by atoms with Gasteiger partial charge in [0.05, 0.1) is 10.2 Å². The number of alkyl halides is 3. The molecule has 1 N–H and O–H groups in total. The van der Waals surface area contributed by atoms with E-state index in [0.29, 0.717) is 28.5 Å². The van der Waals surface area contributed by atoms with Crippen molar-refractivity contribution >= 4 is 38.4 Å². The van der Waals surface area contributed by atoms with Crippen molar-refractivity contribution in [3.05, 3.63) is 47.0 Å². The number of thiazole rings is 1.